The zero-order chi connectivity index (χ0) is 17.6. The van der Waals surface area contributed by atoms with Gasteiger partial charge in [0.25, 0.3) is 0 Å². The molecule has 1 aliphatic heterocycles. The molecule has 0 spiro atoms. The van der Waals surface area contributed by atoms with Crippen LogP contribution in [0.25, 0.3) is 0 Å². The molecule has 3 nitrogen and oxygen atoms in total. The van der Waals surface area contributed by atoms with Gasteiger partial charge in [0.15, 0.2) is 5.60 Å². The Kier molecular flexibility index (Phi) is 4.19. The summed E-state index contributed by atoms with van der Waals surface area (Å²) in [6, 6.07) is 8.94. The molecule has 1 saturated carbocycles. The molecular formula is C19H24F2O3. The van der Waals surface area contributed by atoms with Gasteiger partial charge in [0.1, 0.15) is 0 Å². The van der Waals surface area contributed by atoms with Crippen LogP contribution in [0, 0.1) is 11.3 Å². The monoisotopic (exact) mass is 338 g/mol. The molecule has 24 heavy (non-hydrogen) atoms. The summed E-state index contributed by atoms with van der Waals surface area (Å²) >= 11 is 0. The molecule has 5 heteroatoms. The molecule has 0 aromatic heterocycles. The number of rotatable bonds is 2. The molecule has 1 saturated heterocycles. The zero-order valence-corrected chi connectivity index (χ0v) is 14.4. The number of carbonyl (C=O) groups excluding carboxylic acids is 1. The van der Waals surface area contributed by atoms with Crippen LogP contribution in [0.2, 0.25) is 0 Å². The van der Waals surface area contributed by atoms with Crippen molar-refractivity contribution in [3.63, 3.8) is 0 Å². The van der Waals surface area contributed by atoms with E-state index >= 15 is 0 Å². The molecule has 1 aliphatic carbocycles. The molecule has 0 N–H and O–H groups in total. The van der Waals surface area contributed by atoms with E-state index in [-0.39, 0.29) is 12.8 Å². The number of hydrogen-bond acceptors (Lipinski definition) is 3. The second-order valence-corrected chi connectivity index (χ2v) is 7.97. The summed E-state index contributed by atoms with van der Waals surface area (Å²) < 4.78 is 39.7. The summed E-state index contributed by atoms with van der Waals surface area (Å²) in [7, 11) is 0. The Labute approximate surface area is 141 Å². The van der Waals surface area contributed by atoms with Crippen LogP contribution in [0.1, 0.15) is 52.0 Å². The fourth-order valence-electron chi connectivity index (χ4n) is 3.67. The van der Waals surface area contributed by atoms with Gasteiger partial charge in [-0.3, -0.25) is 0 Å². The molecule has 132 valence electrons. The van der Waals surface area contributed by atoms with E-state index in [4.69, 9.17) is 9.47 Å². The van der Waals surface area contributed by atoms with Crippen molar-refractivity contribution in [1.29, 1.82) is 0 Å². The molecule has 1 heterocycles. The third-order valence-corrected chi connectivity index (χ3v) is 4.94. The van der Waals surface area contributed by atoms with Crippen LogP contribution in [-0.2, 0) is 19.9 Å². The number of carbonyl (C=O) groups is 1. The van der Waals surface area contributed by atoms with Crippen LogP contribution in [0.15, 0.2) is 30.3 Å². The topological polar surface area (TPSA) is 35.5 Å². The summed E-state index contributed by atoms with van der Waals surface area (Å²) in [5.74, 6) is -3.91. The molecule has 0 bridgehead atoms. The Balaban J connectivity index is 2.05. The standard InChI is InChI=1S/C19H24F2O3/c1-17(2,3)16-23-15(22)19(24-16,13-8-5-4-6-9-13)14-10-7-11-18(20,21)12-14/h4-6,8-9,14,16H,7,10-12H2,1-3H3/t14-,16?,19+/m1/s1. The number of halogens is 2. The average Bonchev–Trinajstić information content (AvgIpc) is 2.86. The second kappa shape index (κ2) is 5.80. The molecule has 1 aromatic carbocycles. The molecular weight excluding hydrogens is 314 g/mol. The first kappa shape index (κ1) is 17.3. The van der Waals surface area contributed by atoms with Gasteiger partial charge in [-0.1, -0.05) is 51.1 Å². The van der Waals surface area contributed by atoms with Gasteiger partial charge in [-0.05, 0) is 18.4 Å². The molecule has 2 aliphatic rings. The van der Waals surface area contributed by atoms with E-state index in [0.29, 0.717) is 18.4 Å². The maximum absolute atomic E-state index is 14.0. The third kappa shape index (κ3) is 2.94. The first-order chi connectivity index (χ1) is 11.2. The van der Waals surface area contributed by atoms with Crippen LogP contribution in [-0.4, -0.2) is 18.2 Å². The lowest BCUT2D eigenvalue weighted by Crippen LogP contribution is -2.46. The SMILES string of the molecule is CC(C)(C)C1OC(=O)[C@](c2ccccc2)([C@@H]2CCCC(F)(F)C2)O1. The van der Waals surface area contributed by atoms with Gasteiger partial charge < -0.3 is 9.47 Å². The fraction of sp³-hybridized carbons (Fsp3) is 0.632. The van der Waals surface area contributed by atoms with E-state index in [2.05, 4.69) is 0 Å². The fourth-order valence-corrected chi connectivity index (χ4v) is 3.67. The molecule has 1 unspecified atom stereocenters. The van der Waals surface area contributed by atoms with Gasteiger partial charge in [-0.25, -0.2) is 13.6 Å². The smallest absolute Gasteiger partial charge is 0.345 e. The highest BCUT2D eigenvalue weighted by Crippen LogP contribution is 2.52. The summed E-state index contributed by atoms with van der Waals surface area (Å²) in [5.41, 5.74) is -1.27. The molecule has 0 amide bonds. The average molecular weight is 338 g/mol. The lowest BCUT2D eigenvalue weighted by atomic mass is 9.72. The van der Waals surface area contributed by atoms with Gasteiger partial charge in [-0.2, -0.15) is 0 Å². The Morgan fingerprint density at radius 3 is 2.38 bits per heavy atom. The Hall–Kier alpha value is -1.49. The predicted molar refractivity (Wildman–Crippen MR) is 85.4 cm³/mol. The van der Waals surface area contributed by atoms with Crippen molar-refractivity contribution in [3.05, 3.63) is 35.9 Å². The van der Waals surface area contributed by atoms with E-state index in [1.54, 1.807) is 24.3 Å². The molecule has 0 radical (unpaired) electrons. The van der Waals surface area contributed by atoms with Gasteiger partial charge in [0.2, 0.25) is 12.2 Å². The van der Waals surface area contributed by atoms with Crippen molar-refractivity contribution in [2.75, 3.05) is 0 Å². The largest absolute Gasteiger partial charge is 0.433 e. The van der Waals surface area contributed by atoms with E-state index in [0.717, 1.165) is 0 Å². The minimum absolute atomic E-state index is 0.133. The first-order valence-electron chi connectivity index (χ1n) is 8.47. The highest BCUT2D eigenvalue weighted by Gasteiger charge is 2.61. The maximum Gasteiger partial charge on any atom is 0.345 e. The summed E-state index contributed by atoms with van der Waals surface area (Å²) in [5, 5.41) is 0. The maximum atomic E-state index is 14.0. The van der Waals surface area contributed by atoms with Crippen LogP contribution < -0.4 is 0 Å². The van der Waals surface area contributed by atoms with Crippen LogP contribution in [0.4, 0.5) is 8.78 Å². The van der Waals surface area contributed by atoms with Crippen molar-refractivity contribution in [2.45, 2.75) is 64.3 Å². The Morgan fingerprint density at radius 2 is 1.83 bits per heavy atom. The number of benzene rings is 1. The van der Waals surface area contributed by atoms with Gasteiger partial charge >= 0.3 is 5.97 Å². The lowest BCUT2D eigenvalue weighted by Gasteiger charge is -2.39. The molecule has 3 atom stereocenters. The van der Waals surface area contributed by atoms with Crippen molar-refractivity contribution < 1.29 is 23.0 Å². The number of ether oxygens (including phenoxy) is 2. The molecule has 1 aromatic rings. The van der Waals surface area contributed by atoms with E-state index in [9.17, 15) is 13.6 Å². The Bertz CT molecular complexity index is 609. The number of cyclic esters (lactones) is 1. The Morgan fingerprint density at radius 1 is 1.17 bits per heavy atom. The van der Waals surface area contributed by atoms with Crippen molar-refractivity contribution in [1.82, 2.24) is 0 Å². The van der Waals surface area contributed by atoms with Gasteiger partial charge in [-0.15, -0.1) is 0 Å². The summed E-state index contributed by atoms with van der Waals surface area (Å²) in [6.07, 6.45) is -0.333. The first-order valence-corrected chi connectivity index (χ1v) is 8.47. The highest BCUT2D eigenvalue weighted by atomic mass is 19.3. The molecule has 3 rings (SSSR count). The third-order valence-electron chi connectivity index (χ3n) is 4.94. The lowest BCUT2D eigenvalue weighted by molar-refractivity contribution is -0.177. The zero-order valence-electron chi connectivity index (χ0n) is 14.4. The van der Waals surface area contributed by atoms with Crippen LogP contribution in [0.5, 0.6) is 0 Å². The molecule has 2 fully saturated rings. The van der Waals surface area contributed by atoms with Crippen molar-refractivity contribution in [3.8, 4) is 0 Å². The van der Waals surface area contributed by atoms with E-state index in [1.807, 2.05) is 26.8 Å². The normalized spacial score (nSPS) is 33.3. The van der Waals surface area contributed by atoms with Crippen LogP contribution >= 0.6 is 0 Å². The summed E-state index contributed by atoms with van der Waals surface area (Å²) in [6.45, 7) is 5.71. The quantitative estimate of drug-likeness (QED) is 0.736. The van der Waals surface area contributed by atoms with E-state index < -0.39 is 35.1 Å². The number of esters is 1. The van der Waals surface area contributed by atoms with E-state index in [1.165, 1.54) is 0 Å². The second-order valence-electron chi connectivity index (χ2n) is 7.97. The number of hydrogen-bond donors (Lipinski definition) is 0. The minimum Gasteiger partial charge on any atom is -0.433 e. The van der Waals surface area contributed by atoms with Crippen molar-refractivity contribution in [2.24, 2.45) is 11.3 Å². The highest BCUT2D eigenvalue weighted by molar-refractivity contribution is 5.83. The predicted octanol–water partition coefficient (Wildman–Crippen LogP) is 4.65. The number of alkyl halides is 2. The van der Waals surface area contributed by atoms with Gasteiger partial charge in [0.05, 0.1) is 0 Å². The van der Waals surface area contributed by atoms with Crippen molar-refractivity contribution >= 4 is 5.97 Å². The summed E-state index contributed by atoms with van der Waals surface area (Å²) in [4.78, 5) is 12.9. The van der Waals surface area contributed by atoms with Gasteiger partial charge in [0, 0.05) is 24.2 Å². The van der Waals surface area contributed by atoms with Crippen LogP contribution in [0.3, 0.4) is 0 Å². The minimum atomic E-state index is -2.77.